The zero-order chi connectivity index (χ0) is 16.4. The molecule has 0 N–H and O–H groups in total. The van der Waals surface area contributed by atoms with Crippen molar-refractivity contribution in [2.45, 2.75) is 13.5 Å². The van der Waals surface area contributed by atoms with E-state index in [-0.39, 0.29) is 5.91 Å². The van der Waals surface area contributed by atoms with Gasteiger partial charge in [-0.25, -0.2) is 0 Å². The van der Waals surface area contributed by atoms with Crippen LogP contribution in [0.3, 0.4) is 0 Å². The Morgan fingerprint density at radius 2 is 2.17 bits per heavy atom. The molecule has 0 aliphatic heterocycles. The minimum atomic E-state index is -0.297. The third-order valence-electron chi connectivity index (χ3n) is 3.19. The molecule has 0 aliphatic carbocycles. The van der Waals surface area contributed by atoms with Gasteiger partial charge in [-0.1, -0.05) is 40.6 Å². The number of aromatic nitrogens is 1. The Bertz CT molecular complexity index is 953. The van der Waals surface area contributed by atoms with E-state index < -0.39 is 0 Å². The monoisotopic (exact) mass is 382 g/mol. The molecule has 0 unspecified atom stereocenters. The fraction of sp³-hybridized carbons (Fsp3) is 0.125. The molecule has 0 radical (unpaired) electrons. The first kappa shape index (κ1) is 16.5. The molecule has 0 saturated carbocycles. The molecule has 0 bridgehead atoms. The zero-order valence-corrected chi connectivity index (χ0v) is 15.3. The molecular formula is C16H12Cl2N2OS2. The lowest BCUT2D eigenvalue weighted by Crippen LogP contribution is -2.15. The van der Waals surface area contributed by atoms with Gasteiger partial charge in [-0.2, -0.15) is 4.99 Å². The van der Waals surface area contributed by atoms with Crippen molar-refractivity contribution in [2.75, 3.05) is 0 Å². The van der Waals surface area contributed by atoms with Crippen LogP contribution in [0.4, 0.5) is 0 Å². The maximum atomic E-state index is 12.1. The quantitative estimate of drug-likeness (QED) is 0.570. The fourth-order valence-electron chi connectivity index (χ4n) is 2.15. The van der Waals surface area contributed by atoms with E-state index in [1.54, 1.807) is 23.5 Å². The first-order valence-electron chi connectivity index (χ1n) is 6.87. The number of benzene rings is 1. The highest BCUT2D eigenvalue weighted by atomic mass is 35.5. The van der Waals surface area contributed by atoms with Gasteiger partial charge in [-0.3, -0.25) is 4.79 Å². The average molecular weight is 383 g/mol. The lowest BCUT2D eigenvalue weighted by Gasteiger charge is -2.03. The van der Waals surface area contributed by atoms with Gasteiger partial charge in [0.05, 0.1) is 20.3 Å². The van der Waals surface area contributed by atoms with Crippen molar-refractivity contribution in [2.24, 2.45) is 4.99 Å². The molecule has 0 fully saturated rings. The number of rotatable bonds is 3. The molecule has 7 heteroatoms. The Kier molecular flexibility index (Phi) is 5.02. The van der Waals surface area contributed by atoms with Crippen LogP contribution in [0, 0.1) is 0 Å². The SMILES string of the molecule is CCn1c(=NC(=O)/C=C/c2cccs2)sc2ccc(Cl)c(Cl)c21. The predicted molar refractivity (Wildman–Crippen MR) is 99.4 cm³/mol. The summed E-state index contributed by atoms with van der Waals surface area (Å²) in [4.78, 5) is 17.9. The molecule has 0 spiro atoms. The Hall–Kier alpha value is -1.40. The maximum Gasteiger partial charge on any atom is 0.272 e. The topological polar surface area (TPSA) is 34.4 Å². The van der Waals surface area contributed by atoms with E-state index >= 15 is 0 Å². The van der Waals surface area contributed by atoms with E-state index in [1.807, 2.05) is 35.1 Å². The van der Waals surface area contributed by atoms with Gasteiger partial charge in [0.1, 0.15) is 0 Å². The van der Waals surface area contributed by atoms with E-state index in [4.69, 9.17) is 23.2 Å². The summed E-state index contributed by atoms with van der Waals surface area (Å²) in [5, 5.41) is 2.95. The molecule has 0 atom stereocenters. The van der Waals surface area contributed by atoms with Gasteiger partial charge in [0.25, 0.3) is 5.91 Å². The van der Waals surface area contributed by atoms with Crippen LogP contribution in [0.25, 0.3) is 16.3 Å². The Labute approximate surface area is 151 Å². The molecule has 3 aromatic rings. The second kappa shape index (κ2) is 7.01. The third kappa shape index (κ3) is 3.43. The lowest BCUT2D eigenvalue weighted by molar-refractivity contribution is -0.113. The summed E-state index contributed by atoms with van der Waals surface area (Å²) < 4.78 is 2.86. The van der Waals surface area contributed by atoms with Crippen LogP contribution in [0.2, 0.25) is 10.0 Å². The van der Waals surface area contributed by atoms with Crippen molar-refractivity contribution in [3.8, 4) is 0 Å². The normalized spacial score (nSPS) is 12.6. The summed E-state index contributed by atoms with van der Waals surface area (Å²) in [5.41, 5.74) is 0.820. The van der Waals surface area contributed by atoms with Crippen LogP contribution in [0.5, 0.6) is 0 Å². The highest BCUT2D eigenvalue weighted by Crippen LogP contribution is 2.31. The van der Waals surface area contributed by atoms with Crippen LogP contribution >= 0.6 is 45.9 Å². The molecule has 1 amide bonds. The first-order chi connectivity index (χ1) is 11.1. The number of hydrogen-bond donors (Lipinski definition) is 0. The summed E-state index contributed by atoms with van der Waals surface area (Å²) in [6, 6.07) is 7.53. The summed E-state index contributed by atoms with van der Waals surface area (Å²) in [6.07, 6.45) is 3.24. The van der Waals surface area contributed by atoms with Crippen LogP contribution in [-0.2, 0) is 11.3 Å². The second-order valence-corrected chi connectivity index (χ2v) is 7.41. The molecule has 3 nitrogen and oxygen atoms in total. The number of fused-ring (bicyclic) bond motifs is 1. The van der Waals surface area contributed by atoms with Gasteiger partial charge >= 0.3 is 0 Å². The molecule has 0 saturated heterocycles. The summed E-state index contributed by atoms with van der Waals surface area (Å²) >= 11 is 15.4. The Morgan fingerprint density at radius 3 is 2.87 bits per heavy atom. The molecule has 3 rings (SSSR count). The van der Waals surface area contributed by atoms with Crippen molar-refractivity contribution in [3.05, 3.63) is 55.4 Å². The fourth-order valence-corrected chi connectivity index (χ4v) is 4.35. The van der Waals surface area contributed by atoms with Crippen LogP contribution in [0.15, 0.2) is 40.7 Å². The minimum Gasteiger partial charge on any atom is -0.315 e. The summed E-state index contributed by atoms with van der Waals surface area (Å²) in [5.74, 6) is -0.297. The van der Waals surface area contributed by atoms with Crippen molar-refractivity contribution >= 4 is 68.1 Å². The van der Waals surface area contributed by atoms with Gasteiger partial charge in [0.15, 0.2) is 4.80 Å². The highest BCUT2D eigenvalue weighted by molar-refractivity contribution is 7.16. The number of halogens is 2. The molecule has 2 heterocycles. The highest BCUT2D eigenvalue weighted by Gasteiger charge is 2.12. The smallest absolute Gasteiger partial charge is 0.272 e. The van der Waals surface area contributed by atoms with Crippen molar-refractivity contribution in [1.29, 1.82) is 0 Å². The van der Waals surface area contributed by atoms with Crippen molar-refractivity contribution in [1.82, 2.24) is 4.57 Å². The van der Waals surface area contributed by atoms with E-state index in [1.165, 1.54) is 17.4 Å². The van der Waals surface area contributed by atoms with Gasteiger partial charge in [-0.15, -0.1) is 11.3 Å². The number of thiophene rings is 1. The largest absolute Gasteiger partial charge is 0.315 e. The standard InChI is InChI=1S/C16H12Cl2N2OS2/c1-2-20-15-12(7-6-11(17)14(15)18)23-16(20)19-13(21)8-5-10-4-3-9-22-10/h3-9H,2H2,1H3/b8-5+,19-16?. The average Bonchev–Trinajstić information content (AvgIpc) is 3.16. The van der Waals surface area contributed by atoms with Crippen LogP contribution < -0.4 is 4.80 Å². The summed E-state index contributed by atoms with van der Waals surface area (Å²) in [7, 11) is 0. The van der Waals surface area contributed by atoms with Gasteiger partial charge in [-0.05, 0) is 36.6 Å². The summed E-state index contributed by atoms with van der Waals surface area (Å²) in [6.45, 7) is 2.63. The van der Waals surface area contributed by atoms with E-state index in [0.717, 1.165) is 15.1 Å². The lowest BCUT2D eigenvalue weighted by atomic mass is 10.3. The zero-order valence-electron chi connectivity index (χ0n) is 12.1. The number of aryl methyl sites for hydroxylation is 1. The van der Waals surface area contributed by atoms with Gasteiger partial charge in [0, 0.05) is 17.5 Å². The molecular weight excluding hydrogens is 371 g/mol. The van der Waals surface area contributed by atoms with Gasteiger partial charge < -0.3 is 4.57 Å². The van der Waals surface area contributed by atoms with E-state index in [0.29, 0.717) is 21.4 Å². The van der Waals surface area contributed by atoms with E-state index in [9.17, 15) is 4.79 Å². The third-order valence-corrected chi connectivity index (χ3v) is 5.86. The molecule has 23 heavy (non-hydrogen) atoms. The number of carbonyl (C=O) groups is 1. The molecule has 118 valence electrons. The number of carbonyl (C=O) groups excluding carboxylic acids is 1. The Morgan fingerprint density at radius 1 is 1.35 bits per heavy atom. The Balaban J connectivity index is 2.05. The van der Waals surface area contributed by atoms with Gasteiger partial charge in [0.2, 0.25) is 0 Å². The number of nitrogens with zero attached hydrogens (tertiary/aromatic N) is 2. The molecule has 2 aromatic heterocycles. The first-order valence-corrected chi connectivity index (χ1v) is 9.33. The maximum absolute atomic E-state index is 12.1. The molecule has 1 aromatic carbocycles. The number of thiazole rings is 1. The molecule has 0 aliphatic rings. The number of amides is 1. The van der Waals surface area contributed by atoms with Crippen molar-refractivity contribution < 1.29 is 4.79 Å². The van der Waals surface area contributed by atoms with Crippen molar-refractivity contribution in [3.63, 3.8) is 0 Å². The van der Waals surface area contributed by atoms with Crippen LogP contribution in [0.1, 0.15) is 11.8 Å². The second-order valence-electron chi connectivity index (χ2n) is 4.64. The van der Waals surface area contributed by atoms with Crippen LogP contribution in [-0.4, -0.2) is 10.5 Å². The minimum absolute atomic E-state index is 0.297. The predicted octanol–water partition coefficient (Wildman–Crippen LogP) is 5.23. The van der Waals surface area contributed by atoms with E-state index in [2.05, 4.69) is 4.99 Å². The number of hydrogen-bond acceptors (Lipinski definition) is 3.